The number of nitrogens with one attached hydrogen (secondary N) is 2. The first-order valence-corrected chi connectivity index (χ1v) is 12.6. The van der Waals surface area contributed by atoms with E-state index in [-0.39, 0.29) is 11.7 Å². The fourth-order valence-electron chi connectivity index (χ4n) is 4.52. The third kappa shape index (κ3) is 4.43. The minimum absolute atomic E-state index is 0.0503. The van der Waals surface area contributed by atoms with E-state index in [1.54, 1.807) is 22.9 Å². The summed E-state index contributed by atoms with van der Waals surface area (Å²) in [7, 11) is 0. The van der Waals surface area contributed by atoms with Crippen LogP contribution >= 0.6 is 11.3 Å². The number of nitrogens with zero attached hydrogens (tertiary/aromatic N) is 3. The number of hydrogen-bond donors (Lipinski definition) is 2. The first-order valence-electron chi connectivity index (χ1n) is 11.8. The molecule has 174 valence electrons. The molecule has 8 heteroatoms. The Kier molecular flexibility index (Phi) is 5.55. The highest BCUT2D eigenvalue weighted by Crippen LogP contribution is 2.45. The number of aromatic nitrogens is 3. The van der Waals surface area contributed by atoms with Crippen LogP contribution < -0.4 is 20.9 Å². The molecule has 0 bridgehead atoms. The second-order valence-corrected chi connectivity index (χ2v) is 10.4. The van der Waals surface area contributed by atoms with Crippen molar-refractivity contribution >= 4 is 34.0 Å². The van der Waals surface area contributed by atoms with Crippen molar-refractivity contribution in [2.24, 2.45) is 0 Å². The fourth-order valence-corrected chi connectivity index (χ4v) is 5.73. The molecule has 4 aromatic rings. The number of pyridine rings is 1. The molecule has 3 aromatic heterocycles. The number of hydrogen-bond acceptors (Lipinski definition) is 7. The molecule has 1 aliphatic heterocycles. The monoisotopic (exact) mass is 473 g/mol. The van der Waals surface area contributed by atoms with Gasteiger partial charge in [0.25, 0.3) is 5.56 Å². The van der Waals surface area contributed by atoms with Gasteiger partial charge in [0.1, 0.15) is 17.5 Å². The lowest BCUT2D eigenvalue weighted by molar-refractivity contribution is 0.223. The summed E-state index contributed by atoms with van der Waals surface area (Å²) >= 11 is 1.86. The van der Waals surface area contributed by atoms with Crippen LogP contribution in [0, 0.1) is 6.92 Å². The minimum atomic E-state index is -0.0503. The second kappa shape index (κ2) is 8.85. The van der Waals surface area contributed by atoms with Gasteiger partial charge in [-0.15, -0.1) is 11.3 Å². The van der Waals surface area contributed by atoms with E-state index in [2.05, 4.69) is 28.6 Å². The summed E-state index contributed by atoms with van der Waals surface area (Å²) in [5.74, 6) is 1.97. The van der Waals surface area contributed by atoms with Crippen LogP contribution in [0.1, 0.15) is 40.5 Å². The summed E-state index contributed by atoms with van der Waals surface area (Å²) in [5, 5.41) is 7.42. The molecule has 7 nitrogen and oxygen atoms in total. The summed E-state index contributed by atoms with van der Waals surface area (Å²) < 4.78 is 7.76. The number of benzene rings is 1. The maximum absolute atomic E-state index is 12.9. The van der Waals surface area contributed by atoms with Crippen molar-refractivity contribution in [1.82, 2.24) is 19.9 Å². The Bertz CT molecular complexity index is 1380. The normalized spacial score (nSPS) is 17.9. The Labute approximate surface area is 201 Å². The van der Waals surface area contributed by atoms with E-state index >= 15 is 0 Å². The summed E-state index contributed by atoms with van der Waals surface area (Å²) in [6.45, 7) is 4.56. The number of rotatable bonds is 7. The van der Waals surface area contributed by atoms with E-state index < -0.39 is 0 Å². The van der Waals surface area contributed by atoms with Crippen LogP contribution in [0.25, 0.3) is 11.0 Å². The van der Waals surface area contributed by atoms with Gasteiger partial charge in [-0.3, -0.25) is 9.36 Å². The molecule has 1 saturated heterocycles. The molecule has 34 heavy (non-hydrogen) atoms. The van der Waals surface area contributed by atoms with E-state index in [4.69, 9.17) is 9.72 Å². The first-order chi connectivity index (χ1) is 16.6. The lowest BCUT2D eigenvalue weighted by Gasteiger charge is -2.13. The summed E-state index contributed by atoms with van der Waals surface area (Å²) in [5.41, 5.74) is 2.70. The Morgan fingerprint density at radius 1 is 1.18 bits per heavy atom. The average molecular weight is 474 g/mol. The van der Waals surface area contributed by atoms with Gasteiger partial charge in [-0.2, -0.15) is 4.98 Å². The lowest BCUT2D eigenvalue weighted by atomic mass is 10.2. The van der Waals surface area contributed by atoms with Gasteiger partial charge in [0, 0.05) is 39.6 Å². The van der Waals surface area contributed by atoms with Gasteiger partial charge in [-0.1, -0.05) is 0 Å². The molecule has 2 aliphatic rings. The highest BCUT2D eigenvalue weighted by molar-refractivity contribution is 7.12. The van der Waals surface area contributed by atoms with Crippen molar-refractivity contribution in [2.45, 2.75) is 44.8 Å². The Morgan fingerprint density at radius 2 is 2.03 bits per heavy atom. The number of ether oxygens (including phenoxy) is 1. The molecule has 2 fully saturated rings. The molecule has 0 radical (unpaired) electrons. The zero-order valence-corrected chi connectivity index (χ0v) is 19.9. The second-order valence-electron chi connectivity index (χ2n) is 9.13. The zero-order chi connectivity index (χ0) is 23.1. The molecule has 6 rings (SSSR count). The molecule has 1 aliphatic carbocycles. The molecule has 0 amide bonds. The van der Waals surface area contributed by atoms with Gasteiger partial charge < -0.3 is 15.4 Å². The van der Waals surface area contributed by atoms with Crippen LogP contribution in [-0.4, -0.2) is 33.7 Å². The Balaban J connectivity index is 1.26. The summed E-state index contributed by atoms with van der Waals surface area (Å²) in [6, 6.07) is 13.4. The molecule has 1 saturated carbocycles. The minimum Gasteiger partial charge on any atom is -0.489 e. The molecule has 4 heterocycles. The van der Waals surface area contributed by atoms with Gasteiger partial charge in [0.2, 0.25) is 5.95 Å². The van der Waals surface area contributed by atoms with E-state index in [0.717, 1.165) is 36.3 Å². The highest BCUT2D eigenvalue weighted by Gasteiger charge is 2.28. The maximum Gasteiger partial charge on any atom is 0.252 e. The zero-order valence-electron chi connectivity index (χ0n) is 19.1. The van der Waals surface area contributed by atoms with Crippen LogP contribution in [0.4, 0.5) is 11.6 Å². The largest absolute Gasteiger partial charge is 0.489 e. The standard InChI is InChI=1S/C26H27N5O2S/c1-16-12-19(24(34-16)17-2-3-17)15-31-23(32)9-4-18-13-28-26(30-25(18)31)29-20-5-7-21(8-6-20)33-22-10-11-27-14-22/h4-9,12-13,17,22,27H,2-3,10-11,14-15H2,1H3,(H,28,29,30). The van der Waals surface area contributed by atoms with Crippen molar-refractivity contribution in [2.75, 3.05) is 18.4 Å². The Hall–Kier alpha value is -3.23. The van der Waals surface area contributed by atoms with Crippen molar-refractivity contribution in [3.05, 3.63) is 74.3 Å². The predicted molar refractivity (Wildman–Crippen MR) is 136 cm³/mol. The smallest absolute Gasteiger partial charge is 0.252 e. The molecular formula is C26H27N5O2S. The molecule has 1 unspecified atom stereocenters. The van der Waals surface area contributed by atoms with Crippen LogP contribution in [-0.2, 0) is 6.54 Å². The first kappa shape index (κ1) is 21.3. The molecule has 2 N–H and O–H groups in total. The van der Waals surface area contributed by atoms with E-state index in [1.807, 2.05) is 35.6 Å². The summed E-state index contributed by atoms with van der Waals surface area (Å²) in [6.07, 6.45) is 5.52. The third-order valence-corrected chi connectivity index (χ3v) is 7.65. The SMILES string of the molecule is Cc1cc(Cn2c(=O)ccc3cnc(Nc4ccc(OC5CCNC5)cc4)nc32)c(C2CC2)s1. The van der Waals surface area contributed by atoms with Crippen molar-refractivity contribution in [3.63, 3.8) is 0 Å². The molecule has 1 aromatic carbocycles. The average Bonchev–Trinajstić information content (AvgIpc) is 3.43. The summed E-state index contributed by atoms with van der Waals surface area (Å²) in [4.78, 5) is 24.8. The Morgan fingerprint density at radius 3 is 2.79 bits per heavy atom. The predicted octanol–water partition coefficient (Wildman–Crippen LogP) is 4.57. The molecular weight excluding hydrogens is 446 g/mol. The number of anilines is 2. The van der Waals surface area contributed by atoms with Crippen LogP contribution in [0.15, 0.2) is 53.5 Å². The topological polar surface area (TPSA) is 81.1 Å². The van der Waals surface area contributed by atoms with Crippen molar-refractivity contribution in [3.8, 4) is 5.75 Å². The highest BCUT2D eigenvalue weighted by atomic mass is 32.1. The van der Waals surface area contributed by atoms with Crippen molar-refractivity contribution in [1.29, 1.82) is 0 Å². The number of thiophene rings is 1. The van der Waals surface area contributed by atoms with E-state index in [1.165, 1.54) is 28.2 Å². The van der Waals surface area contributed by atoms with Crippen LogP contribution in [0.2, 0.25) is 0 Å². The van der Waals surface area contributed by atoms with Crippen LogP contribution in [0.3, 0.4) is 0 Å². The van der Waals surface area contributed by atoms with E-state index in [9.17, 15) is 4.79 Å². The molecule has 0 spiro atoms. The van der Waals surface area contributed by atoms with Gasteiger partial charge >= 0.3 is 0 Å². The van der Waals surface area contributed by atoms with Gasteiger partial charge in [0.15, 0.2) is 0 Å². The third-order valence-electron chi connectivity index (χ3n) is 6.39. The quantitative estimate of drug-likeness (QED) is 0.409. The van der Waals surface area contributed by atoms with Gasteiger partial charge in [-0.25, -0.2) is 4.98 Å². The fraction of sp³-hybridized carbons (Fsp3) is 0.346. The number of fused-ring (bicyclic) bond motifs is 1. The van der Waals surface area contributed by atoms with Gasteiger partial charge in [-0.05, 0) is 80.6 Å². The van der Waals surface area contributed by atoms with Crippen molar-refractivity contribution < 1.29 is 4.74 Å². The van der Waals surface area contributed by atoms with Crippen LogP contribution in [0.5, 0.6) is 5.75 Å². The maximum atomic E-state index is 12.9. The lowest BCUT2D eigenvalue weighted by Crippen LogP contribution is -2.21. The van der Waals surface area contributed by atoms with E-state index in [0.29, 0.717) is 24.1 Å². The number of aryl methyl sites for hydroxylation is 1. The van der Waals surface area contributed by atoms with Gasteiger partial charge in [0.05, 0.1) is 6.54 Å². The molecule has 1 atom stereocenters.